The zero-order chi connectivity index (χ0) is 11.6. The van der Waals surface area contributed by atoms with Crippen LogP contribution in [-0.4, -0.2) is 0 Å². The van der Waals surface area contributed by atoms with Crippen LogP contribution in [0.15, 0.2) is 18.2 Å². The van der Waals surface area contributed by atoms with E-state index in [-0.39, 0.29) is 5.92 Å². The normalized spacial score (nSPS) is 14.7. The molecule has 0 aromatic heterocycles. The van der Waals surface area contributed by atoms with Gasteiger partial charge in [0.15, 0.2) is 0 Å². The van der Waals surface area contributed by atoms with Crippen LogP contribution in [0.1, 0.15) is 26.3 Å². The Morgan fingerprint density at radius 3 is 2.07 bits per heavy atom. The number of hydrogen-bond donors (Lipinski definition) is 0. The molecule has 1 aromatic carbocycles. The second-order valence-electron chi connectivity index (χ2n) is 4.07. The second-order valence-corrected chi connectivity index (χ2v) is 4.88. The quantitative estimate of drug-likeness (QED) is 0.752. The van der Waals surface area contributed by atoms with E-state index >= 15 is 0 Å². The third-order valence-corrected chi connectivity index (χ3v) is 3.50. The van der Waals surface area contributed by atoms with E-state index in [1.807, 2.05) is 20.8 Å². The molecular formula is C12H13Cl2N. The lowest BCUT2D eigenvalue weighted by Gasteiger charge is -2.28. The second kappa shape index (κ2) is 4.43. The molecule has 0 fully saturated rings. The van der Waals surface area contributed by atoms with Gasteiger partial charge in [-0.25, -0.2) is 0 Å². The van der Waals surface area contributed by atoms with Gasteiger partial charge in [-0.3, -0.25) is 0 Å². The zero-order valence-electron chi connectivity index (χ0n) is 9.01. The molecule has 1 rings (SSSR count). The van der Waals surface area contributed by atoms with Crippen LogP contribution in [0.3, 0.4) is 0 Å². The molecule has 0 aliphatic rings. The molecule has 0 bridgehead atoms. The molecule has 0 heterocycles. The summed E-state index contributed by atoms with van der Waals surface area (Å²) in [4.78, 5) is 0. The van der Waals surface area contributed by atoms with Crippen LogP contribution in [-0.2, 0) is 5.41 Å². The summed E-state index contributed by atoms with van der Waals surface area (Å²) in [5.41, 5.74) is 0.0842. The van der Waals surface area contributed by atoms with Crippen molar-refractivity contribution in [2.24, 2.45) is 5.92 Å². The average Bonchev–Trinajstić information content (AvgIpc) is 2.16. The maximum absolute atomic E-state index is 9.29. The maximum Gasteiger partial charge on any atom is 0.0846 e. The summed E-state index contributed by atoms with van der Waals surface area (Å²) in [6.07, 6.45) is 0. The Kier molecular flexibility index (Phi) is 3.65. The number of nitriles is 1. The summed E-state index contributed by atoms with van der Waals surface area (Å²) in [5.74, 6) is 0.153. The molecule has 15 heavy (non-hydrogen) atoms. The summed E-state index contributed by atoms with van der Waals surface area (Å²) >= 11 is 12.2. The molecule has 1 unspecified atom stereocenters. The van der Waals surface area contributed by atoms with Crippen molar-refractivity contribution in [1.29, 1.82) is 5.26 Å². The van der Waals surface area contributed by atoms with E-state index < -0.39 is 5.41 Å². The molecule has 0 aliphatic carbocycles. The van der Waals surface area contributed by atoms with E-state index in [0.717, 1.165) is 5.56 Å². The number of hydrogen-bond acceptors (Lipinski definition) is 1. The largest absolute Gasteiger partial charge is 0.197 e. The van der Waals surface area contributed by atoms with E-state index in [9.17, 15) is 5.26 Å². The van der Waals surface area contributed by atoms with Crippen LogP contribution in [0.4, 0.5) is 0 Å². The molecule has 0 amide bonds. The topological polar surface area (TPSA) is 23.8 Å². The van der Waals surface area contributed by atoms with Crippen molar-refractivity contribution in [3.05, 3.63) is 33.8 Å². The van der Waals surface area contributed by atoms with Crippen molar-refractivity contribution in [3.8, 4) is 6.07 Å². The van der Waals surface area contributed by atoms with Crippen molar-refractivity contribution in [2.75, 3.05) is 0 Å². The van der Waals surface area contributed by atoms with Crippen molar-refractivity contribution in [2.45, 2.75) is 26.2 Å². The lowest BCUT2D eigenvalue weighted by molar-refractivity contribution is 0.431. The van der Waals surface area contributed by atoms with Crippen LogP contribution in [0.25, 0.3) is 0 Å². The first kappa shape index (κ1) is 12.4. The van der Waals surface area contributed by atoms with Gasteiger partial charge < -0.3 is 0 Å². The van der Waals surface area contributed by atoms with Gasteiger partial charge in [-0.2, -0.15) is 5.26 Å². The smallest absolute Gasteiger partial charge is 0.0846 e. The van der Waals surface area contributed by atoms with E-state index in [4.69, 9.17) is 23.2 Å². The van der Waals surface area contributed by atoms with Gasteiger partial charge in [0, 0.05) is 15.6 Å². The molecule has 1 atom stereocenters. The first-order chi connectivity index (χ1) is 6.93. The van der Waals surface area contributed by atoms with Crippen LogP contribution in [0, 0.1) is 17.2 Å². The van der Waals surface area contributed by atoms with Gasteiger partial charge in [0.1, 0.15) is 0 Å². The Bertz CT molecular complexity index is 386. The highest BCUT2D eigenvalue weighted by Gasteiger charge is 2.34. The predicted octanol–water partition coefficient (Wildman–Crippen LogP) is 4.43. The van der Waals surface area contributed by atoms with Crippen molar-refractivity contribution >= 4 is 23.2 Å². The predicted molar refractivity (Wildman–Crippen MR) is 64.3 cm³/mol. The summed E-state index contributed by atoms with van der Waals surface area (Å²) in [7, 11) is 0. The van der Waals surface area contributed by atoms with Gasteiger partial charge in [-0.15, -0.1) is 0 Å². The van der Waals surface area contributed by atoms with E-state index in [1.165, 1.54) is 0 Å². The number of benzene rings is 1. The lowest BCUT2D eigenvalue weighted by Crippen LogP contribution is -2.27. The molecule has 0 radical (unpaired) electrons. The molecule has 0 saturated heterocycles. The van der Waals surface area contributed by atoms with Gasteiger partial charge in [0.2, 0.25) is 0 Å². The SMILES string of the molecule is CC(C)C(C)(C#N)c1c(Cl)cccc1Cl. The summed E-state index contributed by atoms with van der Waals surface area (Å²) in [6.45, 7) is 5.84. The standard InChI is InChI=1S/C12H13Cl2N/c1-8(2)12(3,7-15)11-9(13)5-4-6-10(11)14/h4-6,8H,1-3H3. The van der Waals surface area contributed by atoms with Crippen molar-refractivity contribution in [1.82, 2.24) is 0 Å². The highest BCUT2D eigenvalue weighted by Crippen LogP contribution is 2.39. The minimum absolute atomic E-state index is 0.153. The molecule has 3 heteroatoms. The van der Waals surface area contributed by atoms with E-state index in [2.05, 4.69) is 6.07 Å². The highest BCUT2D eigenvalue weighted by molar-refractivity contribution is 6.36. The number of nitrogens with zero attached hydrogens (tertiary/aromatic N) is 1. The summed E-state index contributed by atoms with van der Waals surface area (Å²) in [6, 6.07) is 7.62. The van der Waals surface area contributed by atoms with Crippen molar-refractivity contribution in [3.63, 3.8) is 0 Å². The van der Waals surface area contributed by atoms with Crippen LogP contribution in [0.5, 0.6) is 0 Å². The maximum atomic E-state index is 9.29. The molecule has 80 valence electrons. The molecule has 1 nitrogen and oxygen atoms in total. The Morgan fingerprint density at radius 1 is 1.27 bits per heavy atom. The first-order valence-corrected chi connectivity index (χ1v) is 5.54. The van der Waals surface area contributed by atoms with Crippen LogP contribution >= 0.6 is 23.2 Å². The lowest BCUT2D eigenvalue weighted by atomic mass is 9.74. The van der Waals surface area contributed by atoms with E-state index in [1.54, 1.807) is 18.2 Å². The van der Waals surface area contributed by atoms with E-state index in [0.29, 0.717) is 10.0 Å². The Morgan fingerprint density at radius 2 is 1.73 bits per heavy atom. The fourth-order valence-corrected chi connectivity index (χ4v) is 2.26. The molecule has 0 N–H and O–H groups in total. The van der Waals surface area contributed by atoms with Gasteiger partial charge in [0.05, 0.1) is 11.5 Å². The Hall–Kier alpha value is -0.710. The molecule has 0 spiro atoms. The molecular weight excluding hydrogens is 229 g/mol. The van der Waals surface area contributed by atoms with Crippen LogP contribution < -0.4 is 0 Å². The average molecular weight is 242 g/mol. The van der Waals surface area contributed by atoms with Gasteiger partial charge in [-0.1, -0.05) is 43.1 Å². The minimum Gasteiger partial charge on any atom is -0.197 e. The summed E-state index contributed by atoms with van der Waals surface area (Å²) < 4.78 is 0. The van der Waals surface area contributed by atoms with Gasteiger partial charge >= 0.3 is 0 Å². The Balaban J connectivity index is 3.44. The molecule has 1 aromatic rings. The number of rotatable bonds is 2. The fraction of sp³-hybridized carbons (Fsp3) is 0.417. The summed E-state index contributed by atoms with van der Waals surface area (Å²) in [5, 5.41) is 10.4. The fourth-order valence-electron chi connectivity index (χ4n) is 1.47. The highest BCUT2D eigenvalue weighted by atomic mass is 35.5. The third-order valence-electron chi connectivity index (χ3n) is 2.87. The molecule has 0 aliphatic heterocycles. The Labute approximate surface area is 101 Å². The van der Waals surface area contributed by atoms with Crippen LogP contribution in [0.2, 0.25) is 10.0 Å². The third kappa shape index (κ3) is 2.12. The first-order valence-electron chi connectivity index (χ1n) is 4.79. The number of halogens is 2. The minimum atomic E-state index is -0.643. The molecule has 0 saturated carbocycles. The monoisotopic (exact) mass is 241 g/mol. The van der Waals surface area contributed by atoms with Crippen molar-refractivity contribution < 1.29 is 0 Å². The van der Waals surface area contributed by atoms with Gasteiger partial charge in [0.25, 0.3) is 0 Å². The van der Waals surface area contributed by atoms with Gasteiger partial charge in [-0.05, 0) is 25.0 Å². The zero-order valence-corrected chi connectivity index (χ0v) is 10.5.